The summed E-state index contributed by atoms with van der Waals surface area (Å²) in [5, 5.41) is 13.9. The Bertz CT molecular complexity index is 455. The van der Waals surface area contributed by atoms with Crippen LogP contribution in [0.15, 0.2) is 24.5 Å². The van der Waals surface area contributed by atoms with Crippen LogP contribution in [0.5, 0.6) is 0 Å². The van der Waals surface area contributed by atoms with E-state index in [0.29, 0.717) is 6.04 Å². The third-order valence-corrected chi connectivity index (χ3v) is 3.59. The molecule has 0 fully saturated rings. The maximum atomic E-state index is 4.26. The van der Waals surface area contributed by atoms with Crippen molar-refractivity contribution in [2.45, 2.75) is 26.3 Å². The van der Waals surface area contributed by atoms with Gasteiger partial charge in [0.2, 0.25) is 0 Å². The van der Waals surface area contributed by atoms with Crippen LogP contribution in [0.3, 0.4) is 0 Å². The molecule has 2 aromatic heterocycles. The van der Waals surface area contributed by atoms with Gasteiger partial charge >= 0.3 is 0 Å². The largest absolute Gasteiger partial charge is 0.308 e. The molecule has 2 rings (SSSR count). The topological polar surface area (TPSA) is 50.7 Å². The maximum Gasteiger partial charge on any atom is 0.149 e. The predicted molar refractivity (Wildman–Crippen MR) is 69.8 cm³/mol. The van der Waals surface area contributed by atoms with Crippen LogP contribution in [0.25, 0.3) is 10.6 Å². The van der Waals surface area contributed by atoms with Gasteiger partial charge in [-0.25, -0.2) is 0 Å². The van der Waals surface area contributed by atoms with Crippen LogP contribution >= 0.6 is 11.3 Å². The quantitative estimate of drug-likeness (QED) is 0.883. The predicted octanol–water partition coefficient (Wildman–Crippen LogP) is 2.66. The number of nitrogens with one attached hydrogen (secondary N) is 1. The number of hydrogen-bond donors (Lipinski definition) is 1. The molecule has 0 spiro atoms. The third kappa shape index (κ3) is 2.87. The second kappa shape index (κ2) is 5.84. The number of nitrogens with zero attached hydrogens (tertiary/aromatic N) is 3. The Hall–Kier alpha value is -1.33. The van der Waals surface area contributed by atoms with Gasteiger partial charge in [0, 0.05) is 18.0 Å². The summed E-state index contributed by atoms with van der Waals surface area (Å²) >= 11 is 1.63. The van der Waals surface area contributed by atoms with E-state index in [9.17, 15) is 0 Å². The first-order valence-corrected chi connectivity index (χ1v) is 6.64. The molecule has 5 heteroatoms. The summed E-state index contributed by atoms with van der Waals surface area (Å²) in [6, 6.07) is 4.23. The summed E-state index contributed by atoms with van der Waals surface area (Å²) < 4.78 is 0. The van der Waals surface area contributed by atoms with Crippen LogP contribution in [-0.4, -0.2) is 21.7 Å². The Morgan fingerprint density at radius 3 is 2.88 bits per heavy atom. The van der Waals surface area contributed by atoms with Gasteiger partial charge in [0.1, 0.15) is 10.0 Å². The zero-order valence-corrected chi connectivity index (χ0v) is 10.9. The van der Waals surface area contributed by atoms with E-state index in [0.717, 1.165) is 28.5 Å². The maximum absolute atomic E-state index is 4.26. The number of rotatable bonds is 5. The smallest absolute Gasteiger partial charge is 0.149 e. The first kappa shape index (κ1) is 12.1. The van der Waals surface area contributed by atoms with E-state index in [2.05, 4.69) is 34.3 Å². The Balaban J connectivity index is 2.21. The number of pyridine rings is 1. The molecule has 2 aromatic rings. The molecule has 0 aliphatic heterocycles. The van der Waals surface area contributed by atoms with Crippen LogP contribution in [0, 0.1) is 0 Å². The molecule has 0 bridgehead atoms. The lowest BCUT2D eigenvalue weighted by molar-refractivity contribution is 0.531. The molecule has 2 heterocycles. The fraction of sp³-hybridized carbons (Fsp3) is 0.417. The lowest BCUT2D eigenvalue weighted by Crippen LogP contribution is -2.19. The van der Waals surface area contributed by atoms with Gasteiger partial charge in [-0.1, -0.05) is 25.2 Å². The molecule has 1 atom stereocenters. The molecule has 0 aliphatic rings. The number of hydrogen-bond acceptors (Lipinski definition) is 5. The van der Waals surface area contributed by atoms with Crippen molar-refractivity contribution in [2.75, 3.05) is 6.54 Å². The van der Waals surface area contributed by atoms with E-state index < -0.39 is 0 Å². The van der Waals surface area contributed by atoms with Crippen LogP contribution in [0.4, 0.5) is 0 Å². The second-order valence-electron chi connectivity index (χ2n) is 3.71. The van der Waals surface area contributed by atoms with Crippen molar-refractivity contribution >= 4 is 11.3 Å². The van der Waals surface area contributed by atoms with Crippen LogP contribution in [-0.2, 0) is 0 Å². The van der Waals surface area contributed by atoms with Crippen molar-refractivity contribution in [3.05, 3.63) is 29.5 Å². The highest BCUT2D eigenvalue weighted by Crippen LogP contribution is 2.27. The fourth-order valence-electron chi connectivity index (χ4n) is 1.63. The standard InChI is InChI=1S/C12H16N4S/c1-3-10(14-4-2)12-16-15-11(17-12)9-6-5-7-13-8-9/h5-8,10,14H,3-4H2,1-2H3. The molecule has 90 valence electrons. The molecular formula is C12H16N4S. The Morgan fingerprint density at radius 1 is 1.35 bits per heavy atom. The fourth-order valence-corrected chi connectivity index (χ4v) is 2.63. The van der Waals surface area contributed by atoms with E-state index >= 15 is 0 Å². The number of aromatic nitrogens is 3. The van der Waals surface area contributed by atoms with E-state index in [1.165, 1.54) is 0 Å². The van der Waals surface area contributed by atoms with Gasteiger partial charge in [0.05, 0.1) is 6.04 Å². The Labute approximate surface area is 105 Å². The summed E-state index contributed by atoms with van der Waals surface area (Å²) in [6.45, 7) is 5.20. The van der Waals surface area contributed by atoms with Gasteiger partial charge in [-0.05, 0) is 25.1 Å². The third-order valence-electron chi connectivity index (χ3n) is 2.51. The molecule has 0 saturated heterocycles. The van der Waals surface area contributed by atoms with Crippen molar-refractivity contribution in [3.63, 3.8) is 0 Å². The molecule has 4 nitrogen and oxygen atoms in total. The van der Waals surface area contributed by atoms with E-state index in [1.54, 1.807) is 17.5 Å². The molecule has 0 radical (unpaired) electrons. The lowest BCUT2D eigenvalue weighted by atomic mass is 10.2. The van der Waals surface area contributed by atoms with Crippen molar-refractivity contribution in [1.29, 1.82) is 0 Å². The molecule has 17 heavy (non-hydrogen) atoms. The van der Waals surface area contributed by atoms with Crippen molar-refractivity contribution in [3.8, 4) is 10.6 Å². The summed E-state index contributed by atoms with van der Waals surface area (Å²) in [5.41, 5.74) is 1.03. The molecule has 0 aromatic carbocycles. The minimum atomic E-state index is 0.308. The lowest BCUT2D eigenvalue weighted by Gasteiger charge is -2.10. The van der Waals surface area contributed by atoms with Gasteiger partial charge in [0.15, 0.2) is 0 Å². The van der Waals surface area contributed by atoms with Gasteiger partial charge in [0.25, 0.3) is 0 Å². The first-order valence-electron chi connectivity index (χ1n) is 5.82. The molecule has 0 amide bonds. The molecule has 1 unspecified atom stereocenters. The average molecular weight is 248 g/mol. The summed E-state index contributed by atoms with van der Waals surface area (Å²) in [4.78, 5) is 4.09. The van der Waals surface area contributed by atoms with Crippen molar-refractivity contribution < 1.29 is 0 Å². The van der Waals surface area contributed by atoms with Crippen LogP contribution in [0.2, 0.25) is 0 Å². The normalized spacial score (nSPS) is 12.6. The minimum absolute atomic E-state index is 0.308. The SMILES string of the molecule is CCNC(CC)c1nnc(-c2cccnc2)s1. The Morgan fingerprint density at radius 2 is 2.24 bits per heavy atom. The van der Waals surface area contributed by atoms with Crippen LogP contribution < -0.4 is 5.32 Å². The molecule has 0 aliphatic carbocycles. The first-order chi connectivity index (χ1) is 8.35. The molecular weight excluding hydrogens is 232 g/mol. The highest BCUT2D eigenvalue weighted by Gasteiger charge is 2.14. The van der Waals surface area contributed by atoms with Gasteiger partial charge in [-0.2, -0.15) is 0 Å². The van der Waals surface area contributed by atoms with Gasteiger partial charge in [-0.3, -0.25) is 4.98 Å². The monoisotopic (exact) mass is 248 g/mol. The van der Waals surface area contributed by atoms with Crippen LogP contribution in [0.1, 0.15) is 31.3 Å². The highest BCUT2D eigenvalue weighted by molar-refractivity contribution is 7.14. The average Bonchev–Trinajstić information content (AvgIpc) is 2.86. The Kier molecular flexibility index (Phi) is 4.17. The molecule has 1 N–H and O–H groups in total. The van der Waals surface area contributed by atoms with Crippen molar-refractivity contribution in [2.24, 2.45) is 0 Å². The van der Waals surface area contributed by atoms with E-state index in [1.807, 2.05) is 18.3 Å². The minimum Gasteiger partial charge on any atom is -0.308 e. The molecule has 0 saturated carbocycles. The van der Waals surface area contributed by atoms with Gasteiger partial charge in [-0.15, -0.1) is 10.2 Å². The zero-order chi connectivity index (χ0) is 12.1. The summed E-state index contributed by atoms with van der Waals surface area (Å²) in [5.74, 6) is 0. The van der Waals surface area contributed by atoms with E-state index in [4.69, 9.17) is 0 Å². The van der Waals surface area contributed by atoms with Crippen molar-refractivity contribution in [1.82, 2.24) is 20.5 Å². The summed E-state index contributed by atoms with van der Waals surface area (Å²) in [7, 11) is 0. The van der Waals surface area contributed by atoms with Gasteiger partial charge < -0.3 is 5.32 Å². The van der Waals surface area contributed by atoms with E-state index in [-0.39, 0.29) is 0 Å². The second-order valence-corrected chi connectivity index (χ2v) is 4.71. The highest BCUT2D eigenvalue weighted by atomic mass is 32.1. The summed E-state index contributed by atoms with van der Waals surface area (Å²) in [6.07, 6.45) is 4.60. The zero-order valence-electron chi connectivity index (χ0n) is 10.1.